The third-order valence-electron chi connectivity index (χ3n) is 2.25. The molecule has 0 aromatic rings. The Morgan fingerprint density at radius 2 is 2.20 bits per heavy atom. The molecule has 0 aliphatic carbocycles. The van der Waals surface area contributed by atoms with E-state index in [1.165, 1.54) is 7.11 Å². The molecule has 0 heterocycles. The van der Waals surface area contributed by atoms with Gasteiger partial charge in [-0.15, -0.1) is 0 Å². The number of rotatable bonds is 8. The highest BCUT2D eigenvalue weighted by atomic mass is 16.5. The Hall–Kier alpha value is -1.37. The lowest BCUT2D eigenvalue weighted by Gasteiger charge is -2.07. The zero-order valence-electron chi connectivity index (χ0n) is 9.07. The van der Waals surface area contributed by atoms with Crippen LogP contribution < -0.4 is 0 Å². The van der Waals surface area contributed by atoms with Crippen LogP contribution in [0.3, 0.4) is 0 Å². The number of methoxy groups -OCH3 is 1. The smallest absolute Gasteiger partial charge is 0.305 e. The second-order valence-corrected chi connectivity index (χ2v) is 3.41. The van der Waals surface area contributed by atoms with Gasteiger partial charge in [0.05, 0.1) is 13.2 Å². The molecular weight excluding hydrogens is 194 g/mol. The third-order valence-corrected chi connectivity index (χ3v) is 2.25. The molecule has 0 aromatic heterocycles. The van der Waals surface area contributed by atoms with Gasteiger partial charge in [0.2, 0.25) is 0 Å². The van der Waals surface area contributed by atoms with E-state index >= 15 is 0 Å². The van der Waals surface area contributed by atoms with E-state index in [2.05, 4.69) is 10.8 Å². The van der Waals surface area contributed by atoms with Gasteiger partial charge in [-0.05, 0) is 19.3 Å². The van der Waals surface area contributed by atoms with Crippen LogP contribution in [0.1, 0.15) is 38.5 Å². The topological polar surface area (TPSA) is 67.2 Å². The summed E-state index contributed by atoms with van der Waals surface area (Å²) >= 11 is 0. The Bertz CT molecular complexity index is 232. The molecule has 1 unspecified atom stereocenters. The molecule has 0 aliphatic heterocycles. The molecule has 0 bridgehead atoms. The van der Waals surface area contributed by atoms with Crippen LogP contribution >= 0.6 is 0 Å². The maximum Gasteiger partial charge on any atom is 0.305 e. The predicted octanol–water partition coefficient (Wildman–Crippen LogP) is 1.84. The molecule has 0 rings (SSSR count). The fraction of sp³-hybridized carbons (Fsp3) is 0.727. The molecule has 0 saturated heterocycles. The molecule has 0 aromatic carbocycles. The number of ether oxygens (including phenoxy) is 1. The van der Waals surface area contributed by atoms with Gasteiger partial charge in [0.15, 0.2) is 0 Å². The van der Waals surface area contributed by atoms with Crippen molar-refractivity contribution in [1.82, 2.24) is 0 Å². The summed E-state index contributed by atoms with van der Waals surface area (Å²) in [7, 11) is 1.34. The fourth-order valence-electron chi connectivity index (χ4n) is 1.30. The third kappa shape index (κ3) is 7.68. The monoisotopic (exact) mass is 211 g/mol. The zero-order valence-corrected chi connectivity index (χ0v) is 9.07. The van der Waals surface area contributed by atoms with Crippen molar-refractivity contribution in [3.05, 3.63) is 0 Å². The summed E-state index contributed by atoms with van der Waals surface area (Å²) in [5.74, 6) is -0.360. The Balaban J connectivity index is 3.60. The zero-order chi connectivity index (χ0) is 11.5. The first-order chi connectivity index (χ1) is 7.24. The van der Waals surface area contributed by atoms with Gasteiger partial charge in [-0.1, -0.05) is 6.42 Å². The Morgan fingerprint density at radius 1 is 1.47 bits per heavy atom. The van der Waals surface area contributed by atoms with Crippen LogP contribution in [0.4, 0.5) is 0 Å². The number of unbranched alkanes of at least 4 members (excludes halogenated alkanes) is 2. The summed E-state index contributed by atoms with van der Waals surface area (Å²) in [6, 6.07) is 2.06. The molecule has 84 valence electrons. The van der Waals surface area contributed by atoms with Gasteiger partial charge in [0, 0.05) is 18.8 Å². The van der Waals surface area contributed by atoms with E-state index in [1.807, 2.05) is 0 Å². The molecule has 0 fully saturated rings. The molecular formula is C11H17NO3. The average molecular weight is 211 g/mol. The highest BCUT2D eigenvalue weighted by molar-refractivity contribution is 5.69. The summed E-state index contributed by atoms with van der Waals surface area (Å²) in [6.45, 7) is 0. The van der Waals surface area contributed by atoms with Crippen molar-refractivity contribution in [2.75, 3.05) is 7.11 Å². The van der Waals surface area contributed by atoms with Crippen LogP contribution in [0, 0.1) is 17.2 Å². The molecule has 0 spiro atoms. The van der Waals surface area contributed by atoms with Crippen molar-refractivity contribution >= 4 is 12.3 Å². The molecule has 4 heteroatoms. The molecule has 15 heavy (non-hydrogen) atoms. The number of hydrogen-bond donors (Lipinski definition) is 0. The molecule has 0 N–H and O–H groups in total. The number of nitriles is 1. The second kappa shape index (κ2) is 9.20. The quantitative estimate of drug-likeness (QED) is 0.349. The number of esters is 1. The number of aldehydes is 1. The fourth-order valence-corrected chi connectivity index (χ4v) is 1.30. The summed E-state index contributed by atoms with van der Waals surface area (Å²) in [5, 5.41) is 8.32. The van der Waals surface area contributed by atoms with Crippen molar-refractivity contribution in [3.63, 3.8) is 0 Å². The second-order valence-electron chi connectivity index (χ2n) is 3.41. The largest absolute Gasteiger partial charge is 0.469 e. The number of nitrogens with zero attached hydrogens (tertiary/aromatic N) is 1. The average Bonchev–Trinajstić information content (AvgIpc) is 2.27. The van der Waals surface area contributed by atoms with Crippen LogP contribution in [0.2, 0.25) is 0 Å². The van der Waals surface area contributed by atoms with Gasteiger partial charge in [-0.25, -0.2) is 0 Å². The van der Waals surface area contributed by atoms with Crippen LogP contribution in [0.25, 0.3) is 0 Å². The lowest BCUT2D eigenvalue weighted by Crippen LogP contribution is -2.07. The minimum Gasteiger partial charge on any atom is -0.469 e. The van der Waals surface area contributed by atoms with E-state index < -0.39 is 0 Å². The van der Waals surface area contributed by atoms with Crippen LogP contribution in [0.15, 0.2) is 0 Å². The molecule has 0 saturated carbocycles. The van der Waals surface area contributed by atoms with Gasteiger partial charge in [0.1, 0.15) is 6.29 Å². The summed E-state index contributed by atoms with van der Waals surface area (Å²) in [4.78, 5) is 21.5. The number of carbonyl (C=O) groups excluding carboxylic acids is 2. The van der Waals surface area contributed by atoms with Crippen molar-refractivity contribution in [3.8, 4) is 6.07 Å². The minimum atomic E-state index is -0.279. The van der Waals surface area contributed by atoms with Gasteiger partial charge >= 0.3 is 5.97 Å². The van der Waals surface area contributed by atoms with Crippen molar-refractivity contribution < 1.29 is 14.3 Å². The Labute approximate surface area is 90.2 Å². The van der Waals surface area contributed by atoms with Gasteiger partial charge in [0.25, 0.3) is 0 Å². The van der Waals surface area contributed by atoms with Crippen LogP contribution in [0.5, 0.6) is 0 Å². The highest BCUT2D eigenvalue weighted by Crippen LogP contribution is 2.13. The predicted molar refractivity (Wildman–Crippen MR) is 54.9 cm³/mol. The summed E-state index contributed by atoms with van der Waals surface area (Å²) < 4.78 is 4.49. The first-order valence-electron chi connectivity index (χ1n) is 5.13. The standard InChI is InChI=1S/C11H17NO3/c1-15-11(14)7-6-10(9-13)5-3-2-4-8-12/h9-10H,2-7H2,1H3. The molecule has 0 aliphatic rings. The van der Waals surface area contributed by atoms with E-state index in [4.69, 9.17) is 5.26 Å². The molecule has 4 nitrogen and oxygen atoms in total. The van der Waals surface area contributed by atoms with Crippen LogP contribution in [-0.4, -0.2) is 19.4 Å². The lowest BCUT2D eigenvalue weighted by molar-refractivity contribution is -0.140. The Kier molecular flexibility index (Phi) is 8.36. The highest BCUT2D eigenvalue weighted by Gasteiger charge is 2.10. The SMILES string of the molecule is COC(=O)CCC(C=O)CCCCC#N. The van der Waals surface area contributed by atoms with E-state index in [-0.39, 0.29) is 18.3 Å². The Morgan fingerprint density at radius 3 is 2.73 bits per heavy atom. The maximum atomic E-state index is 10.8. The normalized spacial score (nSPS) is 11.5. The molecule has 0 radical (unpaired) electrons. The summed E-state index contributed by atoms with van der Waals surface area (Å²) in [6.07, 6.45) is 4.68. The maximum absolute atomic E-state index is 10.8. The number of carbonyl (C=O) groups is 2. The van der Waals surface area contributed by atoms with Crippen LogP contribution in [-0.2, 0) is 14.3 Å². The molecule has 0 amide bonds. The number of hydrogen-bond acceptors (Lipinski definition) is 4. The van der Waals surface area contributed by atoms with Crippen molar-refractivity contribution in [2.24, 2.45) is 5.92 Å². The first kappa shape index (κ1) is 13.6. The summed E-state index contributed by atoms with van der Waals surface area (Å²) in [5.41, 5.74) is 0. The van der Waals surface area contributed by atoms with Gasteiger partial charge < -0.3 is 9.53 Å². The van der Waals surface area contributed by atoms with Gasteiger partial charge in [-0.2, -0.15) is 5.26 Å². The van der Waals surface area contributed by atoms with E-state index in [0.717, 1.165) is 25.5 Å². The van der Waals surface area contributed by atoms with E-state index in [9.17, 15) is 9.59 Å². The minimum absolute atomic E-state index is 0.0807. The van der Waals surface area contributed by atoms with E-state index in [1.54, 1.807) is 0 Å². The van der Waals surface area contributed by atoms with Crippen molar-refractivity contribution in [2.45, 2.75) is 38.5 Å². The van der Waals surface area contributed by atoms with E-state index in [0.29, 0.717) is 12.8 Å². The van der Waals surface area contributed by atoms with Crippen molar-refractivity contribution in [1.29, 1.82) is 5.26 Å². The first-order valence-corrected chi connectivity index (χ1v) is 5.13. The van der Waals surface area contributed by atoms with Gasteiger partial charge in [-0.3, -0.25) is 4.79 Å². The molecule has 1 atom stereocenters. The lowest BCUT2D eigenvalue weighted by atomic mass is 9.98.